The summed E-state index contributed by atoms with van der Waals surface area (Å²) in [6.45, 7) is 7.79. The standard InChI is InChI=1S/C25H24N2O5S2/c1-5-11-32-17-10-9-16(13-18(17)30-4)14-20-23(28)27-22(19-8-7-12-33-19)21(24(29)31-6-2)15(3)26-25(27)34-20/h5,7-10,12-14,22H,1,6,11H2,2-4H3/b20-14-. The molecule has 176 valence electrons. The summed E-state index contributed by atoms with van der Waals surface area (Å²) in [5.74, 6) is 0.685. The predicted octanol–water partition coefficient (Wildman–Crippen LogP) is 3.43. The maximum Gasteiger partial charge on any atom is 0.338 e. The molecule has 1 atom stereocenters. The van der Waals surface area contributed by atoms with E-state index in [0.29, 0.717) is 38.7 Å². The molecule has 0 saturated heterocycles. The normalized spacial score (nSPS) is 15.5. The summed E-state index contributed by atoms with van der Waals surface area (Å²) >= 11 is 2.76. The van der Waals surface area contributed by atoms with Crippen molar-refractivity contribution >= 4 is 34.7 Å². The van der Waals surface area contributed by atoms with Crippen LogP contribution in [0.1, 0.15) is 30.3 Å². The van der Waals surface area contributed by atoms with E-state index in [-0.39, 0.29) is 12.2 Å². The molecule has 3 aromatic rings. The number of thiophene rings is 1. The number of thiazole rings is 1. The van der Waals surface area contributed by atoms with Crippen LogP contribution in [0.15, 0.2) is 69.4 Å². The molecule has 0 saturated carbocycles. The Morgan fingerprint density at radius 2 is 2.12 bits per heavy atom. The largest absolute Gasteiger partial charge is 0.493 e. The van der Waals surface area contributed by atoms with Crippen molar-refractivity contribution in [1.29, 1.82) is 0 Å². The van der Waals surface area contributed by atoms with Crippen LogP contribution < -0.4 is 24.4 Å². The van der Waals surface area contributed by atoms with Crippen LogP contribution >= 0.6 is 22.7 Å². The van der Waals surface area contributed by atoms with Crippen molar-refractivity contribution in [2.75, 3.05) is 20.3 Å². The Hall–Kier alpha value is -3.43. The number of fused-ring (bicyclic) bond motifs is 1. The van der Waals surface area contributed by atoms with Crippen LogP contribution in [0.25, 0.3) is 6.08 Å². The second-order valence-corrected chi connectivity index (χ2v) is 9.32. The minimum atomic E-state index is -0.582. The Morgan fingerprint density at radius 3 is 2.79 bits per heavy atom. The number of hydrogen-bond donors (Lipinski definition) is 0. The molecule has 1 aromatic carbocycles. The highest BCUT2D eigenvalue weighted by Crippen LogP contribution is 2.33. The minimum absolute atomic E-state index is 0.220. The zero-order valence-corrected chi connectivity index (χ0v) is 20.7. The van der Waals surface area contributed by atoms with Crippen molar-refractivity contribution in [3.8, 4) is 11.5 Å². The van der Waals surface area contributed by atoms with E-state index in [1.165, 1.54) is 22.7 Å². The van der Waals surface area contributed by atoms with Gasteiger partial charge < -0.3 is 14.2 Å². The first-order valence-electron chi connectivity index (χ1n) is 10.6. The third-order valence-corrected chi connectivity index (χ3v) is 7.08. The highest BCUT2D eigenvalue weighted by molar-refractivity contribution is 7.10. The van der Waals surface area contributed by atoms with Gasteiger partial charge in [0.2, 0.25) is 0 Å². The predicted molar refractivity (Wildman–Crippen MR) is 133 cm³/mol. The van der Waals surface area contributed by atoms with Crippen LogP contribution in [-0.4, -0.2) is 30.9 Å². The number of methoxy groups -OCH3 is 1. The molecule has 0 spiro atoms. The second-order valence-electron chi connectivity index (χ2n) is 7.33. The maximum atomic E-state index is 13.6. The van der Waals surface area contributed by atoms with E-state index in [2.05, 4.69) is 11.6 Å². The zero-order valence-electron chi connectivity index (χ0n) is 19.1. The van der Waals surface area contributed by atoms with Crippen LogP contribution in [0.3, 0.4) is 0 Å². The van der Waals surface area contributed by atoms with Gasteiger partial charge in [0.05, 0.1) is 29.5 Å². The number of allylic oxidation sites excluding steroid dienone is 1. The molecule has 0 radical (unpaired) electrons. The SMILES string of the molecule is C=CCOc1ccc(/C=c2\sc3n(c2=O)C(c2cccs2)C(C(=O)OCC)=C(C)N=3)cc1OC. The Balaban J connectivity index is 1.85. The fraction of sp³-hybridized carbons (Fsp3) is 0.240. The average Bonchev–Trinajstić information content (AvgIpc) is 3.46. The quantitative estimate of drug-likeness (QED) is 0.353. The van der Waals surface area contributed by atoms with Crippen molar-refractivity contribution in [2.24, 2.45) is 4.99 Å². The molecular formula is C25H24N2O5S2. The molecule has 0 N–H and O–H groups in total. The maximum absolute atomic E-state index is 13.6. The van der Waals surface area contributed by atoms with Gasteiger partial charge in [-0.1, -0.05) is 36.1 Å². The zero-order chi connectivity index (χ0) is 24.2. The number of benzene rings is 1. The number of rotatable bonds is 8. The fourth-order valence-electron chi connectivity index (χ4n) is 3.70. The Morgan fingerprint density at radius 1 is 1.29 bits per heavy atom. The molecule has 9 heteroatoms. The van der Waals surface area contributed by atoms with E-state index in [0.717, 1.165) is 10.4 Å². The highest BCUT2D eigenvalue weighted by atomic mass is 32.1. The molecule has 1 unspecified atom stereocenters. The van der Waals surface area contributed by atoms with Gasteiger partial charge in [0.25, 0.3) is 5.56 Å². The van der Waals surface area contributed by atoms with Gasteiger partial charge >= 0.3 is 5.97 Å². The van der Waals surface area contributed by atoms with E-state index < -0.39 is 12.0 Å². The van der Waals surface area contributed by atoms with Crippen LogP contribution in [-0.2, 0) is 9.53 Å². The second kappa shape index (κ2) is 10.2. The van der Waals surface area contributed by atoms with Gasteiger partial charge in [0, 0.05) is 4.88 Å². The van der Waals surface area contributed by atoms with Gasteiger partial charge in [-0.25, -0.2) is 9.79 Å². The smallest absolute Gasteiger partial charge is 0.338 e. The molecule has 4 rings (SSSR count). The molecule has 34 heavy (non-hydrogen) atoms. The number of carbonyl (C=O) groups is 1. The van der Waals surface area contributed by atoms with Crippen molar-refractivity contribution in [1.82, 2.24) is 4.57 Å². The fourth-order valence-corrected chi connectivity index (χ4v) is 5.57. The number of esters is 1. The first-order valence-corrected chi connectivity index (χ1v) is 12.3. The van der Waals surface area contributed by atoms with E-state index in [1.54, 1.807) is 43.7 Å². The highest BCUT2D eigenvalue weighted by Gasteiger charge is 2.33. The number of carbonyl (C=O) groups excluding carboxylic acids is 1. The lowest BCUT2D eigenvalue weighted by molar-refractivity contribution is -0.139. The Kier molecular flexibility index (Phi) is 7.14. The van der Waals surface area contributed by atoms with Crippen molar-refractivity contribution in [3.63, 3.8) is 0 Å². The van der Waals surface area contributed by atoms with Gasteiger partial charge in [0.1, 0.15) is 12.6 Å². The third kappa shape index (κ3) is 4.49. The summed E-state index contributed by atoms with van der Waals surface area (Å²) in [4.78, 5) is 32.4. The summed E-state index contributed by atoms with van der Waals surface area (Å²) in [5.41, 5.74) is 1.49. The molecule has 3 heterocycles. The molecule has 0 amide bonds. The van der Waals surface area contributed by atoms with Gasteiger partial charge in [-0.2, -0.15) is 0 Å². The monoisotopic (exact) mass is 496 g/mol. The molecule has 1 aliphatic heterocycles. The average molecular weight is 497 g/mol. The first-order chi connectivity index (χ1) is 16.5. The van der Waals surface area contributed by atoms with Gasteiger partial charge in [-0.3, -0.25) is 9.36 Å². The number of aromatic nitrogens is 1. The van der Waals surface area contributed by atoms with Gasteiger partial charge in [-0.05, 0) is 49.1 Å². The number of nitrogens with zero attached hydrogens (tertiary/aromatic N) is 2. The van der Waals surface area contributed by atoms with Gasteiger partial charge in [0.15, 0.2) is 16.3 Å². The number of hydrogen-bond acceptors (Lipinski definition) is 8. The van der Waals surface area contributed by atoms with Crippen LogP contribution in [0.5, 0.6) is 11.5 Å². The summed E-state index contributed by atoms with van der Waals surface area (Å²) in [7, 11) is 1.56. The molecule has 0 aliphatic carbocycles. The Labute approximate surface area is 204 Å². The van der Waals surface area contributed by atoms with E-state index in [4.69, 9.17) is 14.2 Å². The summed E-state index contributed by atoms with van der Waals surface area (Å²) in [6, 6.07) is 8.69. The Bertz CT molecular complexity index is 1430. The lowest BCUT2D eigenvalue weighted by Crippen LogP contribution is -2.39. The van der Waals surface area contributed by atoms with E-state index in [1.807, 2.05) is 29.6 Å². The van der Waals surface area contributed by atoms with Crippen molar-refractivity contribution < 1.29 is 19.0 Å². The molecule has 0 bridgehead atoms. The van der Waals surface area contributed by atoms with E-state index in [9.17, 15) is 9.59 Å². The lowest BCUT2D eigenvalue weighted by atomic mass is 10.0. The van der Waals surface area contributed by atoms with Crippen LogP contribution in [0, 0.1) is 0 Å². The minimum Gasteiger partial charge on any atom is -0.493 e. The lowest BCUT2D eigenvalue weighted by Gasteiger charge is -2.23. The topological polar surface area (TPSA) is 79.1 Å². The van der Waals surface area contributed by atoms with Crippen LogP contribution in [0.4, 0.5) is 0 Å². The summed E-state index contributed by atoms with van der Waals surface area (Å²) < 4.78 is 18.4. The first kappa shape index (κ1) is 23.7. The van der Waals surface area contributed by atoms with Crippen molar-refractivity contribution in [2.45, 2.75) is 19.9 Å². The van der Waals surface area contributed by atoms with E-state index >= 15 is 0 Å². The molecule has 7 nitrogen and oxygen atoms in total. The molecule has 2 aromatic heterocycles. The molecule has 1 aliphatic rings. The van der Waals surface area contributed by atoms with Crippen molar-refractivity contribution in [3.05, 3.63) is 89.8 Å². The summed E-state index contributed by atoms with van der Waals surface area (Å²) in [5, 5.41) is 1.92. The van der Waals surface area contributed by atoms with Gasteiger partial charge in [-0.15, -0.1) is 11.3 Å². The van der Waals surface area contributed by atoms with Crippen LogP contribution in [0.2, 0.25) is 0 Å². The number of ether oxygens (including phenoxy) is 3. The summed E-state index contributed by atoms with van der Waals surface area (Å²) in [6.07, 6.45) is 3.45. The molecule has 0 fully saturated rings. The molecular weight excluding hydrogens is 472 g/mol. The third-order valence-electron chi connectivity index (χ3n) is 5.17.